The Labute approximate surface area is 100 Å². The number of rotatable bonds is 2. The maximum absolute atomic E-state index is 12.9. The lowest BCUT2D eigenvalue weighted by Gasteiger charge is -1.99. The minimum atomic E-state index is -0.238. The first-order chi connectivity index (χ1) is 7.20. The quantitative estimate of drug-likeness (QED) is 0.803. The molecule has 0 fully saturated rings. The average molecular weight is 286 g/mol. The predicted molar refractivity (Wildman–Crippen MR) is 64.6 cm³/mol. The van der Waals surface area contributed by atoms with E-state index in [2.05, 4.69) is 27.8 Å². The van der Waals surface area contributed by atoms with Crippen LogP contribution in [0.25, 0.3) is 10.6 Å². The molecule has 4 heteroatoms. The third-order valence-corrected chi connectivity index (χ3v) is 3.89. The van der Waals surface area contributed by atoms with Gasteiger partial charge in [0, 0.05) is 21.1 Å². The van der Waals surface area contributed by atoms with Crippen molar-refractivity contribution in [3.8, 4) is 10.6 Å². The highest BCUT2D eigenvalue weighted by Gasteiger charge is 2.08. The van der Waals surface area contributed by atoms with Crippen LogP contribution < -0.4 is 0 Å². The first kappa shape index (κ1) is 10.8. The molecule has 0 N–H and O–H groups in total. The largest absolute Gasteiger partial charge is 0.244 e. The summed E-state index contributed by atoms with van der Waals surface area (Å²) in [6, 6.07) is 4.66. The van der Waals surface area contributed by atoms with Gasteiger partial charge in [-0.2, -0.15) is 0 Å². The van der Waals surface area contributed by atoms with E-state index in [1.165, 1.54) is 17.0 Å². The van der Waals surface area contributed by atoms with Crippen molar-refractivity contribution in [2.24, 2.45) is 0 Å². The molecule has 0 unspecified atom stereocenters. The first-order valence-electron chi connectivity index (χ1n) is 4.61. The Balaban J connectivity index is 2.44. The number of hydrogen-bond acceptors (Lipinski definition) is 2. The summed E-state index contributed by atoms with van der Waals surface area (Å²) in [4.78, 5) is 5.55. The van der Waals surface area contributed by atoms with Gasteiger partial charge in [0.25, 0.3) is 0 Å². The van der Waals surface area contributed by atoms with Crippen LogP contribution in [0, 0.1) is 5.82 Å². The van der Waals surface area contributed by atoms with Crippen molar-refractivity contribution in [1.29, 1.82) is 0 Å². The standard InChI is InChI=1S/C11H9BrFNS/c1-2-8-6-14-11(15-8)9-4-3-7(13)5-10(9)12/h3-6H,2H2,1H3. The fraction of sp³-hybridized carbons (Fsp3) is 0.182. The first-order valence-corrected chi connectivity index (χ1v) is 6.21. The highest BCUT2D eigenvalue weighted by atomic mass is 79.9. The number of thiazole rings is 1. The van der Waals surface area contributed by atoms with Gasteiger partial charge in [0.15, 0.2) is 0 Å². The van der Waals surface area contributed by atoms with Crippen molar-refractivity contribution in [2.75, 3.05) is 0 Å². The van der Waals surface area contributed by atoms with E-state index in [0.717, 1.165) is 21.5 Å². The summed E-state index contributed by atoms with van der Waals surface area (Å²) in [7, 11) is 0. The molecule has 1 heterocycles. The molecule has 0 atom stereocenters. The third-order valence-electron chi connectivity index (χ3n) is 2.06. The summed E-state index contributed by atoms with van der Waals surface area (Å²) < 4.78 is 13.6. The molecule has 0 bridgehead atoms. The summed E-state index contributed by atoms with van der Waals surface area (Å²) in [5.74, 6) is -0.238. The molecular formula is C11H9BrFNS. The lowest BCUT2D eigenvalue weighted by molar-refractivity contribution is 0.627. The number of aryl methyl sites for hydroxylation is 1. The van der Waals surface area contributed by atoms with Crippen molar-refractivity contribution in [1.82, 2.24) is 4.98 Å². The molecular weight excluding hydrogens is 277 g/mol. The lowest BCUT2D eigenvalue weighted by Crippen LogP contribution is -1.80. The van der Waals surface area contributed by atoms with Crippen molar-refractivity contribution in [3.63, 3.8) is 0 Å². The second-order valence-electron chi connectivity index (χ2n) is 3.11. The van der Waals surface area contributed by atoms with Crippen LogP contribution in [0.1, 0.15) is 11.8 Å². The van der Waals surface area contributed by atoms with Crippen LogP contribution >= 0.6 is 27.3 Å². The van der Waals surface area contributed by atoms with E-state index in [1.807, 2.05) is 6.20 Å². The fourth-order valence-corrected chi connectivity index (χ4v) is 2.82. The monoisotopic (exact) mass is 285 g/mol. The number of hydrogen-bond donors (Lipinski definition) is 0. The van der Waals surface area contributed by atoms with Gasteiger partial charge in [0.2, 0.25) is 0 Å². The van der Waals surface area contributed by atoms with E-state index in [0.29, 0.717) is 0 Å². The molecule has 0 radical (unpaired) electrons. The van der Waals surface area contributed by atoms with Crippen LogP contribution in [0.4, 0.5) is 4.39 Å². The van der Waals surface area contributed by atoms with Crippen LogP contribution in [-0.4, -0.2) is 4.98 Å². The maximum atomic E-state index is 12.9. The summed E-state index contributed by atoms with van der Waals surface area (Å²) in [6.45, 7) is 2.09. The Morgan fingerprint density at radius 3 is 2.87 bits per heavy atom. The van der Waals surface area contributed by atoms with Crippen LogP contribution in [0.3, 0.4) is 0 Å². The summed E-state index contributed by atoms with van der Waals surface area (Å²) in [5.41, 5.74) is 0.945. The number of benzene rings is 1. The molecule has 2 rings (SSSR count). The molecule has 1 aromatic heterocycles. The zero-order chi connectivity index (χ0) is 10.8. The van der Waals surface area contributed by atoms with Gasteiger partial charge in [-0.3, -0.25) is 0 Å². The molecule has 0 aliphatic heterocycles. The molecule has 0 aliphatic carbocycles. The minimum Gasteiger partial charge on any atom is -0.244 e. The van der Waals surface area contributed by atoms with E-state index < -0.39 is 0 Å². The number of nitrogens with zero attached hydrogens (tertiary/aromatic N) is 1. The molecule has 0 saturated carbocycles. The van der Waals surface area contributed by atoms with Crippen LogP contribution in [-0.2, 0) is 6.42 Å². The minimum absolute atomic E-state index is 0.238. The fourth-order valence-electron chi connectivity index (χ4n) is 1.26. The van der Waals surface area contributed by atoms with Crippen LogP contribution in [0.2, 0.25) is 0 Å². The highest BCUT2D eigenvalue weighted by molar-refractivity contribution is 9.10. The molecule has 1 aromatic carbocycles. The van der Waals surface area contributed by atoms with Gasteiger partial charge in [0.05, 0.1) is 0 Å². The van der Waals surface area contributed by atoms with Crippen molar-refractivity contribution < 1.29 is 4.39 Å². The van der Waals surface area contributed by atoms with Gasteiger partial charge in [-0.05, 0) is 40.5 Å². The molecule has 1 nitrogen and oxygen atoms in total. The maximum Gasteiger partial charge on any atom is 0.124 e. The Morgan fingerprint density at radius 1 is 1.47 bits per heavy atom. The highest BCUT2D eigenvalue weighted by Crippen LogP contribution is 2.31. The molecule has 2 aromatic rings. The van der Waals surface area contributed by atoms with Crippen LogP contribution in [0.5, 0.6) is 0 Å². The molecule has 15 heavy (non-hydrogen) atoms. The molecule has 0 spiro atoms. The second-order valence-corrected chi connectivity index (χ2v) is 5.08. The lowest BCUT2D eigenvalue weighted by atomic mass is 10.2. The van der Waals surface area contributed by atoms with E-state index in [9.17, 15) is 4.39 Å². The van der Waals surface area contributed by atoms with Crippen molar-refractivity contribution in [3.05, 3.63) is 39.6 Å². The van der Waals surface area contributed by atoms with Gasteiger partial charge in [-0.15, -0.1) is 11.3 Å². The van der Waals surface area contributed by atoms with Gasteiger partial charge in [-0.1, -0.05) is 6.92 Å². The Hall–Kier alpha value is -0.740. The summed E-state index contributed by atoms with van der Waals surface area (Å²) >= 11 is 4.98. The van der Waals surface area contributed by atoms with Gasteiger partial charge in [0.1, 0.15) is 10.8 Å². The zero-order valence-corrected chi connectivity index (χ0v) is 10.5. The normalized spacial score (nSPS) is 10.6. The molecule has 78 valence electrons. The van der Waals surface area contributed by atoms with Crippen LogP contribution in [0.15, 0.2) is 28.9 Å². The third kappa shape index (κ3) is 2.26. The summed E-state index contributed by atoms with van der Waals surface area (Å²) in [5, 5.41) is 0.929. The number of aromatic nitrogens is 1. The zero-order valence-electron chi connectivity index (χ0n) is 8.13. The van der Waals surface area contributed by atoms with E-state index >= 15 is 0 Å². The SMILES string of the molecule is CCc1cnc(-c2ccc(F)cc2Br)s1. The molecule has 0 aliphatic rings. The molecule has 0 saturated heterocycles. The van der Waals surface area contributed by atoms with E-state index in [-0.39, 0.29) is 5.82 Å². The van der Waals surface area contributed by atoms with Gasteiger partial charge >= 0.3 is 0 Å². The second kappa shape index (κ2) is 4.41. The van der Waals surface area contributed by atoms with Gasteiger partial charge in [-0.25, -0.2) is 9.37 Å². The van der Waals surface area contributed by atoms with E-state index in [1.54, 1.807) is 17.4 Å². The predicted octanol–water partition coefficient (Wildman–Crippen LogP) is 4.27. The Morgan fingerprint density at radius 2 is 2.27 bits per heavy atom. The van der Waals surface area contributed by atoms with Crippen molar-refractivity contribution >= 4 is 27.3 Å². The smallest absolute Gasteiger partial charge is 0.124 e. The Kier molecular flexibility index (Phi) is 3.17. The van der Waals surface area contributed by atoms with E-state index in [4.69, 9.17) is 0 Å². The van der Waals surface area contributed by atoms with Crippen molar-refractivity contribution in [2.45, 2.75) is 13.3 Å². The topological polar surface area (TPSA) is 12.9 Å². The number of halogens is 2. The Bertz CT molecular complexity index is 481. The average Bonchev–Trinajstić information content (AvgIpc) is 2.66. The van der Waals surface area contributed by atoms with Gasteiger partial charge < -0.3 is 0 Å². The molecule has 0 amide bonds. The summed E-state index contributed by atoms with van der Waals surface area (Å²) in [6.07, 6.45) is 2.85.